The number of nitrogens with zero attached hydrogens (tertiary/aromatic N) is 3. The molecule has 0 N–H and O–H groups in total. The van der Waals surface area contributed by atoms with Gasteiger partial charge in [-0.1, -0.05) is 12.1 Å². The predicted octanol–water partition coefficient (Wildman–Crippen LogP) is 3.58. The first-order valence-electron chi connectivity index (χ1n) is 11.9. The number of ether oxygens (including phenoxy) is 2. The monoisotopic (exact) mass is 561 g/mol. The van der Waals surface area contributed by atoms with Crippen LogP contribution in [-0.4, -0.2) is 71.5 Å². The molecule has 1 saturated heterocycles. The van der Waals surface area contributed by atoms with E-state index in [9.17, 15) is 21.8 Å². The summed E-state index contributed by atoms with van der Waals surface area (Å²) >= 11 is 0. The van der Waals surface area contributed by atoms with E-state index in [4.69, 9.17) is 9.47 Å². The number of carbonyl (C=O) groups excluding carboxylic acids is 1. The standard InChI is InChI=1S/C26H28FN3O6S2/c1-17-25(28-16-29-26(17)36-24-9-8-21(14-22(24)27)38(3,33)34)35-19-10-12-30(13-11-19)15-23(31)18-4-6-20(7-5-18)37(2)32/h4-9,14,16,19H,10-13,15H2,1-3H3. The van der Waals surface area contributed by atoms with Gasteiger partial charge >= 0.3 is 0 Å². The summed E-state index contributed by atoms with van der Waals surface area (Å²) < 4.78 is 61.0. The number of piperidine rings is 1. The van der Waals surface area contributed by atoms with Crippen LogP contribution in [0, 0.1) is 12.7 Å². The molecular formula is C26H28FN3O6S2. The van der Waals surface area contributed by atoms with Gasteiger partial charge in [0.15, 0.2) is 27.2 Å². The highest BCUT2D eigenvalue weighted by molar-refractivity contribution is 7.90. The van der Waals surface area contributed by atoms with E-state index in [0.717, 1.165) is 12.3 Å². The Labute approximate surface area is 223 Å². The fourth-order valence-electron chi connectivity index (χ4n) is 4.01. The van der Waals surface area contributed by atoms with Gasteiger partial charge in [0.25, 0.3) is 0 Å². The van der Waals surface area contributed by atoms with Crippen LogP contribution in [0.3, 0.4) is 0 Å². The molecule has 0 radical (unpaired) electrons. The van der Waals surface area contributed by atoms with Gasteiger partial charge in [-0.05, 0) is 50.1 Å². The lowest BCUT2D eigenvalue weighted by molar-refractivity contribution is 0.0774. The summed E-state index contributed by atoms with van der Waals surface area (Å²) in [6, 6.07) is 10.2. The van der Waals surface area contributed by atoms with Crippen LogP contribution in [-0.2, 0) is 20.6 Å². The zero-order chi connectivity index (χ0) is 27.4. The molecule has 1 atom stereocenters. The summed E-state index contributed by atoms with van der Waals surface area (Å²) in [6.07, 6.45) is 5.09. The number of Topliss-reactive ketones (excluding diaryl/α,β-unsaturated/α-hetero) is 1. The normalized spacial score (nSPS) is 15.7. The molecule has 2 aromatic carbocycles. The highest BCUT2D eigenvalue weighted by Crippen LogP contribution is 2.31. The van der Waals surface area contributed by atoms with Crippen LogP contribution < -0.4 is 9.47 Å². The van der Waals surface area contributed by atoms with Crippen LogP contribution in [0.15, 0.2) is 58.6 Å². The maximum absolute atomic E-state index is 14.5. The SMILES string of the molecule is Cc1c(Oc2ccc(S(C)(=O)=O)cc2F)ncnc1OC1CCN(CC(=O)c2ccc(S(C)=O)cc2)CC1. The molecule has 1 aliphatic rings. The number of carbonyl (C=O) groups is 1. The van der Waals surface area contributed by atoms with Crippen molar-refractivity contribution in [1.82, 2.24) is 14.9 Å². The fourth-order valence-corrected chi connectivity index (χ4v) is 5.16. The minimum atomic E-state index is -3.55. The number of sulfone groups is 1. The molecule has 12 heteroatoms. The first-order valence-corrected chi connectivity index (χ1v) is 15.3. The number of hydrogen-bond acceptors (Lipinski definition) is 9. The Morgan fingerprint density at radius 3 is 2.37 bits per heavy atom. The van der Waals surface area contributed by atoms with E-state index < -0.39 is 26.5 Å². The lowest BCUT2D eigenvalue weighted by atomic mass is 10.1. The largest absolute Gasteiger partial charge is 0.474 e. The number of rotatable bonds is 9. The van der Waals surface area contributed by atoms with E-state index in [1.807, 2.05) is 0 Å². The number of aromatic nitrogens is 2. The van der Waals surface area contributed by atoms with Crippen LogP contribution in [0.4, 0.5) is 4.39 Å². The quantitative estimate of drug-likeness (QED) is 0.362. The Hall–Kier alpha value is -3.22. The van der Waals surface area contributed by atoms with Crippen molar-refractivity contribution in [3.05, 3.63) is 65.7 Å². The number of benzene rings is 2. The van der Waals surface area contributed by atoms with Crippen molar-refractivity contribution in [3.63, 3.8) is 0 Å². The van der Waals surface area contributed by atoms with Gasteiger partial charge in [0.2, 0.25) is 11.8 Å². The Balaban J connectivity index is 1.34. The Kier molecular flexibility index (Phi) is 8.54. The van der Waals surface area contributed by atoms with Crippen LogP contribution in [0.1, 0.15) is 28.8 Å². The average Bonchev–Trinajstić information content (AvgIpc) is 2.88. The third-order valence-corrected chi connectivity index (χ3v) is 8.26. The van der Waals surface area contributed by atoms with Crippen molar-refractivity contribution in [3.8, 4) is 17.5 Å². The molecule has 0 saturated carbocycles. The summed E-state index contributed by atoms with van der Waals surface area (Å²) in [4.78, 5) is 23.5. The van der Waals surface area contributed by atoms with Crippen molar-refractivity contribution in [1.29, 1.82) is 0 Å². The van der Waals surface area contributed by atoms with Crippen molar-refractivity contribution in [2.75, 3.05) is 32.1 Å². The summed E-state index contributed by atoms with van der Waals surface area (Å²) in [5.74, 6) is -0.580. The van der Waals surface area contributed by atoms with Gasteiger partial charge in [-0.25, -0.2) is 22.8 Å². The van der Waals surface area contributed by atoms with Crippen LogP contribution in [0.5, 0.6) is 17.5 Å². The maximum atomic E-state index is 14.5. The maximum Gasteiger partial charge on any atom is 0.229 e. The molecule has 38 heavy (non-hydrogen) atoms. The number of halogens is 1. The molecule has 0 spiro atoms. The van der Waals surface area contributed by atoms with Crippen molar-refractivity contribution in [2.45, 2.75) is 35.7 Å². The number of hydrogen-bond donors (Lipinski definition) is 0. The third kappa shape index (κ3) is 6.80. The van der Waals surface area contributed by atoms with Gasteiger partial charge in [-0.2, -0.15) is 0 Å². The molecular weight excluding hydrogens is 533 g/mol. The highest BCUT2D eigenvalue weighted by atomic mass is 32.2. The molecule has 4 rings (SSSR count). The van der Waals surface area contributed by atoms with E-state index in [0.29, 0.717) is 47.8 Å². The Morgan fingerprint density at radius 2 is 1.76 bits per heavy atom. The second-order valence-corrected chi connectivity index (χ2v) is 12.5. The second-order valence-electron chi connectivity index (χ2n) is 9.07. The molecule has 0 aliphatic carbocycles. The fraction of sp³-hybridized carbons (Fsp3) is 0.346. The molecule has 0 bridgehead atoms. The summed E-state index contributed by atoms with van der Waals surface area (Å²) in [5, 5.41) is 0. The van der Waals surface area contributed by atoms with Gasteiger partial charge in [0.1, 0.15) is 12.4 Å². The minimum absolute atomic E-state index is 0.00281. The second kappa shape index (κ2) is 11.7. The highest BCUT2D eigenvalue weighted by Gasteiger charge is 2.24. The van der Waals surface area contributed by atoms with Gasteiger partial charge < -0.3 is 9.47 Å². The first-order chi connectivity index (χ1) is 18.0. The van der Waals surface area contributed by atoms with E-state index in [-0.39, 0.29) is 35.0 Å². The predicted molar refractivity (Wildman–Crippen MR) is 140 cm³/mol. The van der Waals surface area contributed by atoms with E-state index in [2.05, 4.69) is 14.9 Å². The van der Waals surface area contributed by atoms with Gasteiger partial charge in [0.05, 0.1) is 17.0 Å². The Morgan fingerprint density at radius 1 is 1.11 bits per heavy atom. The van der Waals surface area contributed by atoms with Crippen molar-refractivity contribution < 1.29 is 31.3 Å². The van der Waals surface area contributed by atoms with Gasteiger partial charge in [0, 0.05) is 46.9 Å². The topological polar surface area (TPSA) is 116 Å². The molecule has 9 nitrogen and oxygen atoms in total. The summed E-state index contributed by atoms with van der Waals surface area (Å²) in [5.41, 5.74) is 1.07. The number of ketones is 1. The third-order valence-electron chi connectivity index (χ3n) is 6.22. The zero-order valence-corrected chi connectivity index (χ0v) is 22.9. The Bertz CT molecular complexity index is 1460. The first kappa shape index (κ1) is 27.8. The van der Waals surface area contributed by atoms with Crippen LogP contribution in [0.25, 0.3) is 0 Å². The van der Waals surface area contributed by atoms with Crippen molar-refractivity contribution in [2.24, 2.45) is 0 Å². The van der Waals surface area contributed by atoms with Gasteiger partial charge in [-0.3, -0.25) is 13.9 Å². The minimum Gasteiger partial charge on any atom is -0.474 e. The van der Waals surface area contributed by atoms with Gasteiger partial charge in [-0.15, -0.1) is 0 Å². The number of likely N-dealkylation sites (tertiary alicyclic amines) is 1. The van der Waals surface area contributed by atoms with Crippen LogP contribution >= 0.6 is 0 Å². The molecule has 1 aliphatic heterocycles. The zero-order valence-electron chi connectivity index (χ0n) is 21.2. The average molecular weight is 562 g/mol. The van der Waals surface area contributed by atoms with E-state index in [1.165, 1.54) is 18.5 Å². The molecule has 1 aromatic heterocycles. The van der Waals surface area contributed by atoms with Crippen LogP contribution in [0.2, 0.25) is 0 Å². The van der Waals surface area contributed by atoms with E-state index in [1.54, 1.807) is 37.4 Å². The molecule has 3 aromatic rings. The smallest absolute Gasteiger partial charge is 0.229 e. The molecule has 1 unspecified atom stereocenters. The lowest BCUT2D eigenvalue weighted by Crippen LogP contribution is -2.41. The molecule has 0 amide bonds. The lowest BCUT2D eigenvalue weighted by Gasteiger charge is -2.31. The molecule has 2 heterocycles. The molecule has 1 fully saturated rings. The van der Waals surface area contributed by atoms with Crippen molar-refractivity contribution >= 4 is 26.4 Å². The molecule has 202 valence electrons. The van der Waals surface area contributed by atoms with E-state index >= 15 is 0 Å². The summed E-state index contributed by atoms with van der Waals surface area (Å²) in [7, 11) is -4.64. The summed E-state index contributed by atoms with van der Waals surface area (Å²) in [6.45, 7) is 3.31.